The highest BCUT2D eigenvalue weighted by molar-refractivity contribution is 6.19. The van der Waals surface area contributed by atoms with Crippen LogP contribution < -0.4 is 4.74 Å². The van der Waals surface area contributed by atoms with Gasteiger partial charge in [-0.25, -0.2) is 0 Å². The van der Waals surface area contributed by atoms with Crippen molar-refractivity contribution in [2.75, 3.05) is 12.5 Å². The van der Waals surface area contributed by atoms with Gasteiger partial charge in [0.2, 0.25) is 0 Å². The number of benzene rings is 1. The summed E-state index contributed by atoms with van der Waals surface area (Å²) < 4.78 is 5.36. The molecule has 1 aromatic rings. The van der Waals surface area contributed by atoms with Gasteiger partial charge in [-0.05, 0) is 29.8 Å². The zero-order chi connectivity index (χ0) is 10.4. The molecule has 0 aliphatic heterocycles. The maximum absolute atomic E-state index is 8.56. The average Bonchev–Trinajstić information content (AvgIpc) is 2.26. The number of alkyl halides is 1. The van der Waals surface area contributed by atoms with E-state index in [1.165, 1.54) is 0 Å². The largest absolute Gasteiger partial charge is 0.489 e. The molecule has 0 aromatic heterocycles. The Morgan fingerprint density at radius 1 is 1.43 bits per heavy atom. The highest BCUT2D eigenvalue weighted by Gasteiger charge is 1.96. The summed E-state index contributed by atoms with van der Waals surface area (Å²) in [6.07, 6.45) is 0. The molecule has 72 valence electrons. The van der Waals surface area contributed by atoms with Gasteiger partial charge in [0.1, 0.15) is 12.4 Å². The molecule has 1 aromatic carbocycles. The van der Waals surface area contributed by atoms with Crippen LogP contribution in [-0.2, 0) is 0 Å². The molecule has 0 fully saturated rings. The van der Waals surface area contributed by atoms with Crippen LogP contribution in [-0.4, -0.2) is 12.5 Å². The SMILES string of the molecule is C=C(CCl)COc1ccc(C#N)cc1. The molecule has 0 amide bonds. The Balaban J connectivity index is 2.53. The van der Waals surface area contributed by atoms with Crippen molar-refractivity contribution in [3.8, 4) is 11.8 Å². The maximum atomic E-state index is 8.56. The van der Waals surface area contributed by atoms with E-state index in [9.17, 15) is 0 Å². The lowest BCUT2D eigenvalue weighted by molar-refractivity contribution is 0.353. The van der Waals surface area contributed by atoms with E-state index in [-0.39, 0.29) is 0 Å². The Labute approximate surface area is 88.4 Å². The van der Waals surface area contributed by atoms with E-state index in [1.54, 1.807) is 24.3 Å². The van der Waals surface area contributed by atoms with Crippen LogP contribution in [0.3, 0.4) is 0 Å². The van der Waals surface area contributed by atoms with Crippen molar-refractivity contribution >= 4 is 11.6 Å². The first-order valence-corrected chi connectivity index (χ1v) is 4.65. The van der Waals surface area contributed by atoms with E-state index in [0.29, 0.717) is 18.1 Å². The summed E-state index contributed by atoms with van der Waals surface area (Å²) in [6.45, 7) is 4.12. The van der Waals surface area contributed by atoms with Crippen LogP contribution in [0.4, 0.5) is 0 Å². The number of halogens is 1. The summed E-state index contributed by atoms with van der Waals surface area (Å²) in [4.78, 5) is 0. The van der Waals surface area contributed by atoms with Gasteiger partial charge in [0, 0.05) is 5.88 Å². The maximum Gasteiger partial charge on any atom is 0.119 e. The molecule has 0 radical (unpaired) electrons. The summed E-state index contributed by atoms with van der Waals surface area (Å²) >= 11 is 5.54. The van der Waals surface area contributed by atoms with Gasteiger partial charge in [0.15, 0.2) is 0 Å². The summed E-state index contributed by atoms with van der Waals surface area (Å²) in [7, 11) is 0. The van der Waals surface area contributed by atoms with Crippen molar-refractivity contribution in [3.63, 3.8) is 0 Å². The fraction of sp³-hybridized carbons (Fsp3) is 0.182. The van der Waals surface area contributed by atoms with Crippen molar-refractivity contribution in [2.24, 2.45) is 0 Å². The molecule has 0 aliphatic carbocycles. The van der Waals surface area contributed by atoms with E-state index in [4.69, 9.17) is 21.6 Å². The second-order valence-corrected chi connectivity index (χ2v) is 3.08. The normalized spacial score (nSPS) is 9.14. The van der Waals surface area contributed by atoms with Crippen LogP contribution in [0.25, 0.3) is 0 Å². The highest BCUT2D eigenvalue weighted by Crippen LogP contribution is 2.12. The number of nitriles is 1. The summed E-state index contributed by atoms with van der Waals surface area (Å²) in [6, 6.07) is 8.95. The van der Waals surface area contributed by atoms with Crippen molar-refractivity contribution in [1.82, 2.24) is 0 Å². The fourth-order valence-electron chi connectivity index (χ4n) is 0.850. The van der Waals surface area contributed by atoms with Crippen molar-refractivity contribution in [3.05, 3.63) is 42.0 Å². The van der Waals surface area contributed by atoms with Crippen LogP contribution in [0.1, 0.15) is 5.56 Å². The van der Waals surface area contributed by atoms with Gasteiger partial charge in [-0.3, -0.25) is 0 Å². The summed E-state index contributed by atoms with van der Waals surface area (Å²) in [5.74, 6) is 1.12. The van der Waals surface area contributed by atoms with Crippen LogP contribution in [0.5, 0.6) is 5.75 Å². The first-order valence-electron chi connectivity index (χ1n) is 4.12. The molecule has 2 nitrogen and oxygen atoms in total. The topological polar surface area (TPSA) is 33.0 Å². The molecule has 0 saturated carbocycles. The van der Waals surface area contributed by atoms with Gasteiger partial charge in [-0.1, -0.05) is 6.58 Å². The lowest BCUT2D eigenvalue weighted by Gasteiger charge is -2.05. The first kappa shape index (κ1) is 10.6. The van der Waals surface area contributed by atoms with E-state index in [1.807, 2.05) is 6.07 Å². The lowest BCUT2D eigenvalue weighted by atomic mass is 10.2. The molecular formula is C11H10ClNO. The summed E-state index contributed by atoms with van der Waals surface area (Å²) in [5.41, 5.74) is 1.45. The molecule has 0 N–H and O–H groups in total. The molecule has 0 unspecified atom stereocenters. The molecular weight excluding hydrogens is 198 g/mol. The van der Waals surface area contributed by atoms with Crippen molar-refractivity contribution < 1.29 is 4.74 Å². The first-order chi connectivity index (χ1) is 6.76. The van der Waals surface area contributed by atoms with E-state index in [2.05, 4.69) is 6.58 Å². The third-order valence-electron chi connectivity index (χ3n) is 1.62. The second-order valence-electron chi connectivity index (χ2n) is 2.81. The monoisotopic (exact) mass is 207 g/mol. The molecule has 14 heavy (non-hydrogen) atoms. The zero-order valence-corrected chi connectivity index (χ0v) is 8.42. The van der Waals surface area contributed by atoms with E-state index in [0.717, 1.165) is 11.3 Å². The molecule has 0 bridgehead atoms. The average molecular weight is 208 g/mol. The molecule has 0 aliphatic rings. The Morgan fingerprint density at radius 2 is 2.07 bits per heavy atom. The number of nitrogens with zero attached hydrogens (tertiary/aromatic N) is 1. The van der Waals surface area contributed by atoms with Gasteiger partial charge >= 0.3 is 0 Å². The molecule has 1 rings (SSSR count). The lowest BCUT2D eigenvalue weighted by Crippen LogP contribution is -2.00. The third-order valence-corrected chi connectivity index (χ3v) is 1.99. The number of hydrogen-bond acceptors (Lipinski definition) is 2. The van der Waals surface area contributed by atoms with E-state index < -0.39 is 0 Å². The van der Waals surface area contributed by atoms with Gasteiger partial charge in [-0.15, -0.1) is 11.6 Å². The van der Waals surface area contributed by atoms with Gasteiger partial charge in [0.25, 0.3) is 0 Å². The fourth-order valence-corrected chi connectivity index (χ4v) is 0.927. The van der Waals surface area contributed by atoms with Crippen molar-refractivity contribution in [1.29, 1.82) is 5.26 Å². The Hall–Kier alpha value is -1.46. The zero-order valence-electron chi connectivity index (χ0n) is 7.66. The minimum Gasteiger partial charge on any atom is -0.489 e. The molecule has 0 atom stereocenters. The quantitative estimate of drug-likeness (QED) is 0.562. The molecule has 3 heteroatoms. The number of ether oxygens (including phenoxy) is 1. The van der Waals surface area contributed by atoms with Gasteiger partial charge in [-0.2, -0.15) is 5.26 Å². The second kappa shape index (κ2) is 5.31. The minimum absolute atomic E-state index is 0.399. The predicted molar refractivity (Wildman–Crippen MR) is 56.5 cm³/mol. The Morgan fingerprint density at radius 3 is 2.57 bits per heavy atom. The highest BCUT2D eigenvalue weighted by atomic mass is 35.5. The van der Waals surface area contributed by atoms with Crippen LogP contribution in [0.15, 0.2) is 36.4 Å². The van der Waals surface area contributed by atoms with Crippen molar-refractivity contribution in [2.45, 2.75) is 0 Å². The third kappa shape index (κ3) is 3.12. The van der Waals surface area contributed by atoms with Crippen LogP contribution >= 0.6 is 11.6 Å². The Bertz CT molecular complexity index is 351. The van der Waals surface area contributed by atoms with Gasteiger partial charge < -0.3 is 4.74 Å². The van der Waals surface area contributed by atoms with Crippen LogP contribution in [0, 0.1) is 11.3 Å². The summed E-state index contributed by atoms with van der Waals surface area (Å²) in [5, 5.41) is 8.56. The molecule has 0 heterocycles. The number of rotatable bonds is 4. The molecule has 0 saturated heterocycles. The molecule has 0 spiro atoms. The predicted octanol–water partition coefficient (Wildman–Crippen LogP) is 2.73. The minimum atomic E-state index is 0.399. The smallest absolute Gasteiger partial charge is 0.119 e. The van der Waals surface area contributed by atoms with Gasteiger partial charge in [0.05, 0.1) is 11.6 Å². The Kier molecular flexibility index (Phi) is 4.03. The van der Waals surface area contributed by atoms with E-state index >= 15 is 0 Å². The van der Waals surface area contributed by atoms with Crippen LogP contribution in [0.2, 0.25) is 0 Å². The standard InChI is InChI=1S/C11H10ClNO/c1-9(6-12)8-14-11-4-2-10(7-13)3-5-11/h2-5H,1,6,8H2. The number of hydrogen-bond donors (Lipinski definition) is 0.